The van der Waals surface area contributed by atoms with E-state index in [-0.39, 0.29) is 12.5 Å². The Morgan fingerprint density at radius 1 is 1.19 bits per heavy atom. The molecule has 0 aliphatic carbocycles. The number of anilines is 2. The molecule has 3 aromatic rings. The van der Waals surface area contributed by atoms with Crippen LogP contribution in [0.15, 0.2) is 53.9 Å². The van der Waals surface area contributed by atoms with E-state index in [0.29, 0.717) is 33.6 Å². The van der Waals surface area contributed by atoms with Crippen LogP contribution in [-0.2, 0) is 11.4 Å². The summed E-state index contributed by atoms with van der Waals surface area (Å²) in [7, 11) is 1.56. The molecule has 0 saturated carbocycles. The highest BCUT2D eigenvalue weighted by Gasteiger charge is 2.21. The number of thiazole rings is 1. The number of carbonyl (C=O) groups is 1. The number of nitrogens with zero attached hydrogens (tertiary/aromatic N) is 3. The third-order valence-corrected chi connectivity index (χ3v) is 4.63. The maximum absolute atomic E-state index is 12.3. The fraction of sp³-hybridized carbons (Fsp3) is 0.150. The number of amides is 1. The Morgan fingerprint density at radius 2 is 1.89 bits per heavy atom. The largest absolute Gasteiger partial charge is 0.495 e. The van der Waals surface area contributed by atoms with Gasteiger partial charge in [-0.05, 0) is 24.3 Å². The van der Waals surface area contributed by atoms with Crippen molar-refractivity contribution in [3.63, 3.8) is 0 Å². The van der Waals surface area contributed by atoms with Crippen LogP contribution in [-0.4, -0.2) is 18.0 Å². The molecule has 0 atom stereocenters. The van der Waals surface area contributed by atoms with Crippen LogP contribution < -0.4 is 14.4 Å². The molecule has 0 unspecified atom stereocenters. The summed E-state index contributed by atoms with van der Waals surface area (Å²) in [6, 6.07) is 16.4. The second-order valence-electron chi connectivity index (χ2n) is 5.54. The number of hydrogen-bond acceptors (Lipinski definition) is 6. The van der Waals surface area contributed by atoms with Crippen LogP contribution >= 0.6 is 11.3 Å². The second-order valence-corrected chi connectivity index (χ2v) is 6.38. The van der Waals surface area contributed by atoms with Crippen molar-refractivity contribution in [2.24, 2.45) is 0 Å². The minimum atomic E-state index is -0.170. The van der Waals surface area contributed by atoms with Crippen molar-refractivity contribution in [1.82, 2.24) is 4.98 Å². The first kappa shape index (κ1) is 18.4. The summed E-state index contributed by atoms with van der Waals surface area (Å²) in [5.41, 5.74) is 1.76. The van der Waals surface area contributed by atoms with E-state index in [0.717, 1.165) is 0 Å². The maximum atomic E-state index is 12.3. The molecule has 0 radical (unpaired) electrons. The molecule has 136 valence electrons. The summed E-state index contributed by atoms with van der Waals surface area (Å²) < 4.78 is 11.1. The van der Waals surface area contributed by atoms with E-state index in [4.69, 9.17) is 14.7 Å². The molecule has 0 fully saturated rings. The van der Waals surface area contributed by atoms with Gasteiger partial charge in [-0.25, -0.2) is 4.98 Å². The van der Waals surface area contributed by atoms with Crippen LogP contribution in [0.3, 0.4) is 0 Å². The molecule has 1 amide bonds. The summed E-state index contributed by atoms with van der Waals surface area (Å²) in [6.45, 7) is 1.68. The van der Waals surface area contributed by atoms with Crippen LogP contribution in [0.2, 0.25) is 0 Å². The Hall–Kier alpha value is -3.37. The van der Waals surface area contributed by atoms with Gasteiger partial charge in [0.15, 0.2) is 5.13 Å². The van der Waals surface area contributed by atoms with Gasteiger partial charge in [-0.15, -0.1) is 11.3 Å². The smallest absolute Gasteiger partial charge is 0.230 e. The van der Waals surface area contributed by atoms with Crippen molar-refractivity contribution in [2.45, 2.75) is 13.5 Å². The standard InChI is InChI=1S/C20H17N3O3S/c1-14(24)23(17-8-4-6-10-19(17)25-2)20-22-16(13-27-20)12-26-18-9-5-3-7-15(18)11-21/h3-10,13H,12H2,1-2H3. The lowest BCUT2D eigenvalue weighted by Crippen LogP contribution is -2.23. The molecule has 6 nitrogen and oxygen atoms in total. The zero-order chi connectivity index (χ0) is 19.2. The van der Waals surface area contributed by atoms with Gasteiger partial charge in [-0.2, -0.15) is 5.26 Å². The summed E-state index contributed by atoms with van der Waals surface area (Å²) in [5.74, 6) is 0.919. The van der Waals surface area contributed by atoms with E-state index in [1.54, 1.807) is 37.4 Å². The fourth-order valence-corrected chi connectivity index (χ4v) is 3.39. The number of aromatic nitrogens is 1. The maximum Gasteiger partial charge on any atom is 0.230 e. The van der Waals surface area contributed by atoms with Gasteiger partial charge in [0.2, 0.25) is 5.91 Å². The van der Waals surface area contributed by atoms with Crippen molar-refractivity contribution in [2.75, 3.05) is 12.0 Å². The SMILES string of the molecule is COc1ccccc1N(C(C)=O)c1nc(COc2ccccc2C#N)cs1. The molecule has 0 saturated heterocycles. The number of ether oxygens (including phenoxy) is 2. The summed E-state index contributed by atoms with van der Waals surface area (Å²) >= 11 is 1.34. The first-order chi connectivity index (χ1) is 13.1. The monoisotopic (exact) mass is 379 g/mol. The van der Waals surface area contributed by atoms with Gasteiger partial charge in [-0.3, -0.25) is 9.69 Å². The van der Waals surface area contributed by atoms with Gasteiger partial charge < -0.3 is 9.47 Å². The molecule has 2 aromatic carbocycles. The molecular formula is C20H17N3O3S. The van der Waals surface area contributed by atoms with E-state index < -0.39 is 0 Å². The van der Waals surface area contributed by atoms with Crippen LogP contribution in [0.4, 0.5) is 10.8 Å². The number of hydrogen-bond donors (Lipinski definition) is 0. The third-order valence-electron chi connectivity index (χ3n) is 3.75. The van der Waals surface area contributed by atoms with Crippen molar-refractivity contribution in [3.05, 3.63) is 65.2 Å². The van der Waals surface area contributed by atoms with Crippen molar-refractivity contribution in [3.8, 4) is 17.6 Å². The number of methoxy groups -OCH3 is 1. The van der Waals surface area contributed by atoms with E-state index in [2.05, 4.69) is 11.1 Å². The molecule has 0 N–H and O–H groups in total. The first-order valence-corrected chi connectivity index (χ1v) is 9.02. The number of nitriles is 1. The average Bonchev–Trinajstić information content (AvgIpc) is 3.15. The van der Waals surface area contributed by atoms with Gasteiger partial charge in [-0.1, -0.05) is 24.3 Å². The summed E-state index contributed by atoms with van der Waals surface area (Å²) in [4.78, 5) is 18.3. The lowest BCUT2D eigenvalue weighted by molar-refractivity contribution is -0.115. The molecule has 1 heterocycles. The second kappa shape index (κ2) is 8.34. The molecule has 0 aliphatic heterocycles. The van der Waals surface area contributed by atoms with Crippen LogP contribution in [0.25, 0.3) is 0 Å². The predicted molar refractivity (Wildman–Crippen MR) is 103 cm³/mol. The third kappa shape index (κ3) is 4.07. The highest BCUT2D eigenvalue weighted by Crippen LogP contribution is 2.35. The average molecular weight is 379 g/mol. The number of para-hydroxylation sites is 3. The summed E-state index contributed by atoms with van der Waals surface area (Å²) in [6.07, 6.45) is 0. The Labute approximate surface area is 161 Å². The Morgan fingerprint density at radius 3 is 2.59 bits per heavy atom. The van der Waals surface area contributed by atoms with Crippen molar-refractivity contribution >= 4 is 28.1 Å². The topological polar surface area (TPSA) is 75.4 Å². The highest BCUT2D eigenvalue weighted by atomic mass is 32.1. The lowest BCUT2D eigenvalue weighted by Gasteiger charge is -2.20. The molecular weight excluding hydrogens is 362 g/mol. The van der Waals surface area contributed by atoms with Gasteiger partial charge >= 0.3 is 0 Å². The molecule has 3 rings (SSSR count). The van der Waals surface area contributed by atoms with Gasteiger partial charge in [0.05, 0.1) is 24.1 Å². The normalized spacial score (nSPS) is 10.1. The van der Waals surface area contributed by atoms with E-state index in [9.17, 15) is 4.79 Å². The van der Waals surface area contributed by atoms with Gasteiger partial charge in [0.25, 0.3) is 0 Å². The quantitative estimate of drug-likeness (QED) is 0.639. The fourth-order valence-electron chi connectivity index (χ4n) is 2.52. The lowest BCUT2D eigenvalue weighted by atomic mass is 10.2. The van der Waals surface area contributed by atoms with E-state index >= 15 is 0 Å². The molecule has 0 spiro atoms. The number of carbonyl (C=O) groups excluding carboxylic acids is 1. The zero-order valence-corrected chi connectivity index (χ0v) is 15.7. The Kier molecular flexibility index (Phi) is 5.69. The highest BCUT2D eigenvalue weighted by molar-refractivity contribution is 7.14. The van der Waals surface area contributed by atoms with Crippen LogP contribution in [0.1, 0.15) is 18.2 Å². The van der Waals surface area contributed by atoms with E-state index in [1.807, 2.05) is 23.6 Å². The van der Waals surface area contributed by atoms with E-state index in [1.165, 1.54) is 23.2 Å². The van der Waals surface area contributed by atoms with Crippen molar-refractivity contribution < 1.29 is 14.3 Å². The Bertz CT molecular complexity index is 994. The van der Waals surface area contributed by atoms with Crippen LogP contribution in [0.5, 0.6) is 11.5 Å². The van der Waals surface area contributed by atoms with Crippen LogP contribution in [0, 0.1) is 11.3 Å². The molecule has 27 heavy (non-hydrogen) atoms. The minimum Gasteiger partial charge on any atom is -0.495 e. The van der Waals surface area contributed by atoms with Gasteiger partial charge in [0, 0.05) is 12.3 Å². The number of rotatable bonds is 6. The summed E-state index contributed by atoms with van der Waals surface area (Å²) in [5, 5.41) is 11.5. The zero-order valence-electron chi connectivity index (χ0n) is 14.9. The molecule has 7 heteroatoms. The molecule has 1 aromatic heterocycles. The molecule has 0 aliphatic rings. The Balaban J connectivity index is 1.83. The minimum absolute atomic E-state index is 0.170. The van der Waals surface area contributed by atoms with Crippen molar-refractivity contribution in [1.29, 1.82) is 5.26 Å². The molecule has 0 bridgehead atoms. The predicted octanol–water partition coefficient (Wildman–Crippen LogP) is 4.29. The van der Waals surface area contributed by atoms with Gasteiger partial charge in [0.1, 0.15) is 24.2 Å². The number of benzene rings is 2. The first-order valence-electron chi connectivity index (χ1n) is 8.14.